The molecular weight excluding hydrogens is 252 g/mol. The molecule has 1 aliphatic rings. The molecule has 1 fully saturated rings. The first-order valence-electron chi connectivity index (χ1n) is 6.41. The maximum absolute atomic E-state index is 11.5. The summed E-state index contributed by atoms with van der Waals surface area (Å²) in [7, 11) is 1.28. The number of aliphatic hydroxyl groups excluding tert-OH is 1. The van der Waals surface area contributed by atoms with Crippen LogP contribution in [0.3, 0.4) is 0 Å². The summed E-state index contributed by atoms with van der Waals surface area (Å²) in [6, 6.07) is 0. The lowest BCUT2D eigenvalue weighted by atomic mass is 10.0. The normalized spacial score (nSPS) is 23.1. The predicted octanol–water partition coefficient (Wildman–Crippen LogP) is 0.801. The predicted molar refractivity (Wildman–Crippen MR) is 66.4 cm³/mol. The van der Waals surface area contributed by atoms with Crippen molar-refractivity contribution in [3.8, 4) is 0 Å². The quantitative estimate of drug-likeness (QED) is 0.692. The maximum atomic E-state index is 11.5. The molecule has 0 aromatic heterocycles. The van der Waals surface area contributed by atoms with Gasteiger partial charge in [-0.15, -0.1) is 0 Å². The molecule has 0 unspecified atom stereocenters. The fraction of sp³-hybridized carbons (Fsp3) is 0.846. The van der Waals surface area contributed by atoms with Gasteiger partial charge in [0.2, 0.25) is 0 Å². The molecule has 0 aromatic carbocycles. The van der Waals surface area contributed by atoms with Gasteiger partial charge in [0.05, 0.1) is 32.3 Å². The molecule has 2 atom stereocenters. The second-order valence-electron chi connectivity index (χ2n) is 5.16. The maximum Gasteiger partial charge on any atom is 0.305 e. The number of aliphatic hydroxyl groups is 1. The highest BCUT2D eigenvalue weighted by Gasteiger charge is 2.33. The van der Waals surface area contributed by atoms with Gasteiger partial charge in [0.25, 0.3) is 0 Å². The Morgan fingerprint density at radius 2 is 2.11 bits per heavy atom. The van der Waals surface area contributed by atoms with Gasteiger partial charge in [-0.25, -0.2) is 0 Å². The Morgan fingerprint density at radius 3 is 2.63 bits per heavy atom. The number of carbonyl (C=O) groups excluding carboxylic acids is 2. The van der Waals surface area contributed by atoms with Crippen molar-refractivity contribution in [2.45, 2.75) is 57.5 Å². The van der Waals surface area contributed by atoms with Crippen LogP contribution in [0.25, 0.3) is 0 Å². The molecular formula is C13H22O6. The van der Waals surface area contributed by atoms with Gasteiger partial charge in [-0.2, -0.15) is 0 Å². The van der Waals surface area contributed by atoms with Crippen LogP contribution in [0.5, 0.6) is 0 Å². The average Bonchev–Trinajstić information content (AvgIpc) is 2.65. The molecule has 1 aliphatic heterocycles. The van der Waals surface area contributed by atoms with E-state index in [2.05, 4.69) is 4.74 Å². The third kappa shape index (κ3) is 6.13. The molecule has 110 valence electrons. The first-order valence-corrected chi connectivity index (χ1v) is 6.41. The van der Waals surface area contributed by atoms with E-state index in [4.69, 9.17) is 9.47 Å². The molecule has 0 spiro atoms. The van der Waals surface area contributed by atoms with Crippen LogP contribution in [-0.4, -0.2) is 48.6 Å². The molecule has 1 heterocycles. The number of ether oxygens (including phenoxy) is 3. The Hall–Kier alpha value is -0.980. The lowest BCUT2D eigenvalue weighted by Crippen LogP contribution is -2.25. The van der Waals surface area contributed by atoms with Crippen molar-refractivity contribution in [3.63, 3.8) is 0 Å². The minimum atomic E-state index is -0.771. The highest BCUT2D eigenvalue weighted by atomic mass is 16.7. The van der Waals surface area contributed by atoms with Gasteiger partial charge in [-0.3, -0.25) is 9.59 Å². The number of hydrogen-bond donors (Lipinski definition) is 1. The number of carbonyl (C=O) groups is 2. The number of rotatable bonds is 7. The van der Waals surface area contributed by atoms with Crippen molar-refractivity contribution in [3.05, 3.63) is 0 Å². The van der Waals surface area contributed by atoms with Gasteiger partial charge in [0.15, 0.2) is 5.79 Å². The van der Waals surface area contributed by atoms with Crippen molar-refractivity contribution in [2.75, 3.05) is 13.7 Å². The summed E-state index contributed by atoms with van der Waals surface area (Å²) in [4.78, 5) is 22.4. The summed E-state index contributed by atoms with van der Waals surface area (Å²) in [5.41, 5.74) is 0. The van der Waals surface area contributed by atoms with Crippen LogP contribution in [0, 0.1) is 0 Å². The molecule has 6 heteroatoms. The van der Waals surface area contributed by atoms with Crippen LogP contribution < -0.4 is 0 Å². The van der Waals surface area contributed by atoms with Crippen LogP contribution >= 0.6 is 0 Å². The molecule has 0 aromatic rings. The summed E-state index contributed by atoms with van der Waals surface area (Å²) in [6.07, 6.45) is -0.439. The van der Waals surface area contributed by atoms with Crippen molar-refractivity contribution >= 4 is 11.8 Å². The van der Waals surface area contributed by atoms with E-state index in [1.54, 1.807) is 13.8 Å². The highest BCUT2D eigenvalue weighted by Crippen LogP contribution is 2.25. The minimum absolute atomic E-state index is 0.0251. The van der Waals surface area contributed by atoms with E-state index < -0.39 is 17.9 Å². The van der Waals surface area contributed by atoms with Crippen molar-refractivity contribution in [1.82, 2.24) is 0 Å². The molecule has 0 amide bonds. The van der Waals surface area contributed by atoms with E-state index in [0.29, 0.717) is 13.0 Å². The summed E-state index contributed by atoms with van der Waals surface area (Å²) >= 11 is 0. The molecule has 1 saturated heterocycles. The number of Topliss-reactive ketones (excluding diaryl/α,β-unsaturated/α-hetero) is 1. The molecule has 0 aliphatic carbocycles. The smallest absolute Gasteiger partial charge is 0.305 e. The van der Waals surface area contributed by atoms with Gasteiger partial charge >= 0.3 is 5.97 Å². The highest BCUT2D eigenvalue weighted by molar-refractivity contribution is 5.83. The van der Waals surface area contributed by atoms with Crippen LogP contribution in [-0.2, 0) is 23.8 Å². The van der Waals surface area contributed by atoms with Crippen molar-refractivity contribution in [2.24, 2.45) is 0 Å². The summed E-state index contributed by atoms with van der Waals surface area (Å²) in [6.45, 7) is 4.03. The van der Waals surface area contributed by atoms with Gasteiger partial charge in [-0.05, 0) is 13.8 Å². The lowest BCUT2D eigenvalue weighted by Gasteiger charge is -2.18. The molecule has 1 N–H and O–H groups in total. The zero-order valence-corrected chi connectivity index (χ0v) is 11.7. The Bertz CT molecular complexity index is 325. The second-order valence-corrected chi connectivity index (χ2v) is 5.16. The fourth-order valence-corrected chi connectivity index (χ4v) is 1.97. The van der Waals surface area contributed by atoms with Crippen molar-refractivity contribution < 1.29 is 28.9 Å². The Balaban J connectivity index is 2.22. The van der Waals surface area contributed by atoms with Crippen LogP contribution in [0.1, 0.15) is 39.5 Å². The topological polar surface area (TPSA) is 82.1 Å². The number of hydrogen-bond acceptors (Lipinski definition) is 6. The summed E-state index contributed by atoms with van der Waals surface area (Å²) in [5, 5.41) is 9.80. The van der Waals surface area contributed by atoms with E-state index >= 15 is 0 Å². The zero-order chi connectivity index (χ0) is 14.5. The Kier molecular flexibility index (Phi) is 5.90. The molecule has 0 bridgehead atoms. The summed E-state index contributed by atoms with van der Waals surface area (Å²) < 4.78 is 15.4. The standard InChI is InChI=1S/C13H22O6/c1-13(2)18-8-11(19-13)7-10(15)6-9(14)4-5-12(16)17-3/h10-11,15H,4-8H2,1-3H3/t10-,11+/m0/s1. The number of esters is 1. The van der Waals surface area contributed by atoms with Crippen LogP contribution in [0.4, 0.5) is 0 Å². The largest absolute Gasteiger partial charge is 0.469 e. The SMILES string of the molecule is COC(=O)CCC(=O)C[C@H](O)C[C@@H]1COC(C)(C)O1. The molecule has 1 rings (SSSR count). The Morgan fingerprint density at radius 1 is 1.42 bits per heavy atom. The lowest BCUT2D eigenvalue weighted by molar-refractivity contribution is -0.143. The number of ketones is 1. The first-order chi connectivity index (χ1) is 8.82. The summed E-state index contributed by atoms with van der Waals surface area (Å²) in [5.74, 6) is -1.20. The van der Waals surface area contributed by atoms with Crippen molar-refractivity contribution in [1.29, 1.82) is 0 Å². The average molecular weight is 274 g/mol. The van der Waals surface area contributed by atoms with E-state index in [9.17, 15) is 14.7 Å². The monoisotopic (exact) mass is 274 g/mol. The third-order valence-corrected chi connectivity index (χ3v) is 2.90. The molecule has 19 heavy (non-hydrogen) atoms. The Labute approximate surface area is 113 Å². The molecule has 0 radical (unpaired) electrons. The molecule has 0 saturated carbocycles. The first kappa shape index (κ1) is 16.1. The van der Waals surface area contributed by atoms with E-state index in [-0.39, 0.29) is 31.1 Å². The van der Waals surface area contributed by atoms with Crippen LogP contribution in [0.15, 0.2) is 0 Å². The van der Waals surface area contributed by atoms with Gasteiger partial charge in [-0.1, -0.05) is 0 Å². The zero-order valence-electron chi connectivity index (χ0n) is 11.7. The number of methoxy groups -OCH3 is 1. The fourth-order valence-electron chi connectivity index (χ4n) is 1.97. The van der Waals surface area contributed by atoms with Gasteiger partial charge < -0.3 is 19.3 Å². The second kappa shape index (κ2) is 6.98. The van der Waals surface area contributed by atoms with E-state index in [1.807, 2.05) is 0 Å². The minimum Gasteiger partial charge on any atom is -0.469 e. The third-order valence-electron chi connectivity index (χ3n) is 2.90. The van der Waals surface area contributed by atoms with E-state index in [0.717, 1.165) is 0 Å². The van der Waals surface area contributed by atoms with Gasteiger partial charge in [0, 0.05) is 19.3 Å². The molecule has 6 nitrogen and oxygen atoms in total. The van der Waals surface area contributed by atoms with E-state index in [1.165, 1.54) is 7.11 Å². The van der Waals surface area contributed by atoms with Gasteiger partial charge in [0.1, 0.15) is 5.78 Å². The van der Waals surface area contributed by atoms with Crippen LogP contribution in [0.2, 0.25) is 0 Å².